The zero-order chi connectivity index (χ0) is 23.4. The van der Waals surface area contributed by atoms with Crippen molar-refractivity contribution in [3.05, 3.63) is 84.1 Å². The first-order chi connectivity index (χ1) is 15.8. The number of fused-ring (bicyclic) bond motifs is 1. The molecule has 0 bridgehead atoms. The van der Waals surface area contributed by atoms with Crippen LogP contribution in [0.25, 0.3) is 0 Å². The van der Waals surface area contributed by atoms with Gasteiger partial charge in [0.05, 0.1) is 4.90 Å². The van der Waals surface area contributed by atoms with Crippen molar-refractivity contribution in [2.45, 2.75) is 30.7 Å². The number of pyridine rings is 1. The summed E-state index contributed by atoms with van der Waals surface area (Å²) in [5.74, 6) is -0.261. The SMILES string of the molecule is CC(=O)N1CCc2cc(S(=O)(=O)N[C@H](Cc3ccccc3)C(=O)Nc3ccccn3)ccc21. The summed E-state index contributed by atoms with van der Waals surface area (Å²) in [4.78, 5) is 30.5. The summed E-state index contributed by atoms with van der Waals surface area (Å²) in [5, 5.41) is 2.68. The van der Waals surface area contributed by atoms with Gasteiger partial charge in [-0.15, -0.1) is 0 Å². The molecule has 4 rings (SSSR count). The second-order valence-corrected chi connectivity index (χ2v) is 9.49. The number of amides is 2. The van der Waals surface area contributed by atoms with E-state index in [1.807, 2.05) is 30.3 Å². The molecule has 33 heavy (non-hydrogen) atoms. The smallest absolute Gasteiger partial charge is 0.244 e. The van der Waals surface area contributed by atoms with Crippen LogP contribution in [0.2, 0.25) is 0 Å². The first-order valence-electron chi connectivity index (χ1n) is 10.5. The Morgan fingerprint density at radius 2 is 1.82 bits per heavy atom. The van der Waals surface area contributed by atoms with Crippen LogP contribution >= 0.6 is 0 Å². The molecule has 3 aromatic rings. The highest BCUT2D eigenvalue weighted by atomic mass is 32.2. The molecule has 170 valence electrons. The number of hydrogen-bond acceptors (Lipinski definition) is 5. The normalized spacial score (nSPS) is 13.9. The van der Waals surface area contributed by atoms with Gasteiger partial charge in [-0.05, 0) is 54.3 Å². The summed E-state index contributed by atoms with van der Waals surface area (Å²) in [6.07, 6.45) is 2.29. The number of hydrogen-bond donors (Lipinski definition) is 2. The summed E-state index contributed by atoms with van der Waals surface area (Å²) in [7, 11) is -4.01. The maximum absolute atomic E-state index is 13.2. The van der Waals surface area contributed by atoms with Gasteiger partial charge in [0.25, 0.3) is 0 Å². The van der Waals surface area contributed by atoms with Crippen molar-refractivity contribution in [2.75, 3.05) is 16.8 Å². The predicted molar refractivity (Wildman–Crippen MR) is 125 cm³/mol. The van der Waals surface area contributed by atoms with E-state index in [9.17, 15) is 18.0 Å². The molecule has 1 aliphatic rings. The van der Waals surface area contributed by atoms with Crippen molar-refractivity contribution in [2.24, 2.45) is 0 Å². The second-order valence-electron chi connectivity index (χ2n) is 7.78. The minimum Gasteiger partial charge on any atom is -0.312 e. The molecule has 0 fully saturated rings. The van der Waals surface area contributed by atoms with Gasteiger partial charge in [-0.3, -0.25) is 9.59 Å². The molecule has 9 heteroatoms. The Morgan fingerprint density at radius 1 is 1.06 bits per heavy atom. The number of rotatable bonds is 7. The van der Waals surface area contributed by atoms with Gasteiger partial charge in [0, 0.05) is 25.4 Å². The Bertz CT molecular complexity index is 1260. The zero-order valence-corrected chi connectivity index (χ0v) is 18.9. The predicted octanol–water partition coefficient (Wildman–Crippen LogP) is 2.52. The lowest BCUT2D eigenvalue weighted by atomic mass is 10.1. The third kappa shape index (κ3) is 5.27. The fourth-order valence-corrected chi connectivity index (χ4v) is 5.06. The van der Waals surface area contributed by atoms with Gasteiger partial charge in [0.15, 0.2) is 0 Å². The van der Waals surface area contributed by atoms with E-state index >= 15 is 0 Å². The molecule has 1 aromatic heterocycles. The van der Waals surface area contributed by atoms with Gasteiger partial charge < -0.3 is 10.2 Å². The number of benzene rings is 2. The summed E-state index contributed by atoms with van der Waals surface area (Å²) in [6.45, 7) is 2.00. The number of carbonyl (C=O) groups excluding carboxylic acids is 2. The van der Waals surface area contributed by atoms with E-state index in [0.717, 1.165) is 16.8 Å². The van der Waals surface area contributed by atoms with E-state index in [2.05, 4.69) is 15.0 Å². The van der Waals surface area contributed by atoms with Crippen molar-refractivity contribution in [3.8, 4) is 0 Å². The number of aromatic nitrogens is 1. The van der Waals surface area contributed by atoms with Crippen LogP contribution in [-0.2, 0) is 32.5 Å². The minimum atomic E-state index is -4.01. The molecular weight excluding hydrogens is 440 g/mol. The van der Waals surface area contributed by atoms with Crippen molar-refractivity contribution < 1.29 is 18.0 Å². The van der Waals surface area contributed by atoms with Crippen LogP contribution in [0.3, 0.4) is 0 Å². The van der Waals surface area contributed by atoms with Crippen molar-refractivity contribution in [1.82, 2.24) is 9.71 Å². The van der Waals surface area contributed by atoms with Crippen LogP contribution in [0.4, 0.5) is 11.5 Å². The summed E-state index contributed by atoms with van der Waals surface area (Å²) >= 11 is 0. The lowest BCUT2D eigenvalue weighted by molar-refractivity contribution is -0.118. The molecule has 8 nitrogen and oxygen atoms in total. The van der Waals surface area contributed by atoms with Crippen molar-refractivity contribution in [3.63, 3.8) is 0 Å². The summed E-state index contributed by atoms with van der Waals surface area (Å²) in [6, 6.07) is 17.9. The van der Waals surface area contributed by atoms with Gasteiger partial charge in [-0.1, -0.05) is 36.4 Å². The molecule has 2 amide bonds. The fourth-order valence-electron chi connectivity index (χ4n) is 3.82. The number of carbonyl (C=O) groups is 2. The quantitative estimate of drug-likeness (QED) is 0.559. The third-order valence-corrected chi connectivity index (χ3v) is 6.92. The van der Waals surface area contributed by atoms with Gasteiger partial charge >= 0.3 is 0 Å². The van der Waals surface area contributed by atoms with Crippen LogP contribution < -0.4 is 14.9 Å². The molecule has 1 atom stereocenters. The van der Waals surface area contributed by atoms with Gasteiger partial charge in [0.2, 0.25) is 21.8 Å². The Kier molecular flexibility index (Phi) is 6.52. The topological polar surface area (TPSA) is 108 Å². The van der Waals surface area contributed by atoms with E-state index in [1.165, 1.54) is 13.0 Å². The molecule has 0 radical (unpaired) electrons. The highest BCUT2D eigenvalue weighted by molar-refractivity contribution is 7.89. The molecule has 2 aromatic carbocycles. The molecule has 2 N–H and O–H groups in total. The van der Waals surface area contributed by atoms with Crippen LogP contribution in [0.15, 0.2) is 77.8 Å². The maximum Gasteiger partial charge on any atom is 0.244 e. The Morgan fingerprint density at radius 3 is 2.52 bits per heavy atom. The largest absolute Gasteiger partial charge is 0.312 e. The number of anilines is 2. The highest BCUT2D eigenvalue weighted by Crippen LogP contribution is 2.30. The number of sulfonamides is 1. The summed E-state index contributed by atoms with van der Waals surface area (Å²) < 4.78 is 29.0. The first kappa shape index (κ1) is 22.6. The molecular formula is C24H24N4O4S. The number of nitrogens with zero attached hydrogens (tertiary/aromatic N) is 2. The van der Waals surface area contributed by atoms with E-state index in [0.29, 0.717) is 18.8 Å². The van der Waals surface area contributed by atoms with Crippen molar-refractivity contribution in [1.29, 1.82) is 0 Å². The van der Waals surface area contributed by atoms with Gasteiger partial charge in [0.1, 0.15) is 11.9 Å². The molecule has 0 unspecified atom stereocenters. The molecule has 0 saturated carbocycles. The van der Waals surface area contributed by atoms with E-state index in [-0.39, 0.29) is 17.2 Å². The lowest BCUT2D eigenvalue weighted by Gasteiger charge is -2.19. The summed E-state index contributed by atoms with van der Waals surface area (Å²) in [5.41, 5.74) is 2.31. The Hall–Kier alpha value is -3.56. The molecule has 2 heterocycles. The highest BCUT2D eigenvalue weighted by Gasteiger charge is 2.29. The van der Waals surface area contributed by atoms with E-state index < -0.39 is 22.0 Å². The molecule has 0 aliphatic carbocycles. The maximum atomic E-state index is 13.2. The van der Waals surface area contributed by atoms with Gasteiger partial charge in [-0.2, -0.15) is 4.72 Å². The monoisotopic (exact) mass is 464 g/mol. The molecule has 1 aliphatic heterocycles. The van der Waals surface area contributed by atoms with Crippen LogP contribution in [0, 0.1) is 0 Å². The number of nitrogens with one attached hydrogen (secondary N) is 2. The standard InChI is InChI=1S/C24H24N4O4S/c1-17(29)28-14-12-19-16-20(10-11-22(19)28)33(31,32)27-21(15-18-7-3-2-4-8-18)24(30)26-23-9-5-6-13-25-23/h2-11,13,16,21,27H,12,14-15H2,1H3,(H,25,26,30)/t21-/m1/s1. The lowest BCUT2D eigenvalue weighted by Crippen LogP contribution is -2.45. The van der Waals surface area contributed by atoms with Crippen LogP contribution in [0.5, 0.6) is 0 Å². The average molecular weight is 465 g/mol. The van der Waals surface area contributed by atoms with Crippen LogP contribution in [-0.4, -0.2) is 37.8 Å². The minimum absolute atomic E-state index is 0.0512. The van der Waals surface area contributed by atoms with E-state index in [1.54, 1.807) is 41.4 Å². The second kappa shape index (κ2) is 9.51. The van der Waals surface area contributed by atoms with E-state index in [4.69, 9.17) is 0 Å². The Labute approximate surface area is 192 Å². The van der Waals surface area contributed by atoms with Gasteiger partial charge in [-0.25, -0.2) is 13.4 Å². The molecule has 0 saturated heterocycles. The fraction of sp³-hybridized carbons (Fsp3) is 0.208. The average Bonchev–Trinajstić information content (AvgIpc) is 3.24. The molecule has 0 spiro atoms. The Balaban J connectivity index is 1.59. The third-order valence-electron chi connectivity index (χ3n) is 5.45. The zero-order valence-electron chi connectivity index (χ0n) is 18.1. The van der Waals surface area contributed by atoms with Crippen molar-refractivity contribution >= 4 is 33.3 Å². The first-order valence-corrected chi connectivity index (χ1v) is 12.0. The van der Waals surface area contributed by atoms with Crippen LogP contribution in [0.1, 0.15) is 18.1 Å².